The number of ether oxygens (including phenoxy) is 2. The van der Waals surface area contributed by atoms with Gasteiger partial charge in [-0.1, -0.05) is 12.1 Å². The van der Waals surface area contributed by atoms with E-state index in [1.807, 2.05) is 6.07 Å². The Hall–Kier alpha value is -1.01. The molecular weight excluding hydrogens is 261 g/mol. The SMILES string of the molecule is OCC1(CN2CCOC(c3cccc(F)c3)C2)COC1. The number of morpholine rings is 1. The van der Waals surface area contributed by atoms with E-state index in [1.54, 1.807) is 6.07 Å². The number of hydrogen-bond donors (Lipinski definition) is 1. The summed E-state index contributed by atoms with van der Waals surface area (Å²) in [4.78, 5) is 2.28. The highest BCUT2D eigenvalue weighted by Crippen LogP contribution is 2.30. The molecular formula is C15H20FNO3. The smallest absolute Gasteiger partial charge is 0.123 e. The summed E-state index contributed by atoms with van der Waals surface area (Å²) in [6, 6.07) is 6.58. The van der Waals surface area contributed by atoms with Gasteiger partial charge in [0.1, 0.15) is 5.82 Å². The van der Waals surface area contributed by atoms with Crippen LogP contribution in [0.2, 0.25) is 0 Å². The van der Waals surface area contributed by atoms with Gasteiger partial charge in [0.2, 0.25) is 0 Å². The summed E-state index contributed by atoms with van der Waals surface area (Å²) in [6.45, 7) is 4.38. The van der Waals surface area contributed by atoms with Gasteiger partial charge in [0, 0.05) is 19.6 Å². The molecule has 2 fully saturated rings. The lowest BCUT2D eigenvalue weighted by Gasteiger charge is -2.45. The van der Waals surface area contributed by atoms with Crippen LogP contribution in [0.4, 0.5) is 4.39 Å². The molecule has 1 unspecified atom stereocenters. The van der Waals surface area contributed by atoms with Crippen LogP contribution >= 0.6 is 0 Å². The molecule has 2 saturated heterocycles. The van der Waals surface area contributed by atoms with E-state index in [1.165, 1.54) is 12.1 Å². The number of aliphatic hydroxyl groups excluding tert-OH is 1. The Kier molecular flexibility index (Phi) is 4.03. The van der Waals surface area contributed by atoms with E-state index in [9.17, 15) is 9.50 Å². The van der Waals surface area contributed by atoms with Crippen molar-refractivity contribution in [3.63, 3.8) is 0 Å². The fourth-order valence-electron chi connectivity index (χ4n) is 2.85. The number of hydrogen-bond acceptors (Lipinski definition) is 4. The summed E-state index contributed by atoms with van der Waals surface area (Å²) in [5.41, 5.74) is 0.752. The van der Waals surface area contributed by atoms with Crippen molar-refractivity contribution in [2.24, 2.45) is 5.41 Å². The lowest BCUT2D eigenvalue weighted by atomic mass is 9.86. The third-order valence-electron chi connectivity index (χ3n) is 4.08. The number of benzene rings is 1. The molecule has 0 amide bonds. The Morgan fingerprint density at radius 3 is 2.90 bits per heavy atom. The standard InChI is InChI=1S/C15H20FNO3/c16-13-3-1-2-12(6-13)14-7-17(4-5-20-14)8-15(9-18)10-19-11-15/h1-3,6,14,18H,4-5,7-11H2. The van der Waals surface area contributed by atoms with Crippen molar-refractivity contribution in [3.05, 3.63) is 35.6 Å². The van der Waals surface area contributed by atoms with Crippen molar-refractivity contribution in [2.45, 2.75) is 6.10 Å². The highest BCUT2D eigenvalue weighted by atomic mass is 19.1. The van der Waals surface area contributed by atoms with E-state index in [-0.39, 0.29) is 23.9 Å². The maximum Gasteiger partial charge on any atom is 0.123 e. The Labute approximate surface area is 118 Å². The highest BCUT2D eigenvalue weighted by Gasteiger charge is 2.40. The second kappa shape index (κ2) is 5.77. The van der Waals surface area contributed by atoms with E-state index < -0.39 is 0 Å². The van der Waals surface area contributed by atoms with Crippen molar-refractivity contribution < 1.29 is 19.0 Å². The molecule has 2 heterocycles. The van der Waals surface area contributed by atoms with Gasteiger partial charge in [-0.05, 0) is 17.7 Å². The average Bonchev–Trinajstić information content (AvgIpc) is 2.43. The van der Waals surface area contributed by atoms with Crippen LogP contribution in [0, 0.1) is 11.2 Å². The molecule has 4 nitrogen and oxygen atoms in total. The molecule has 2 aliphatic rings. The topological polar surface area (TPSA) is 41.9 Å². The molecule has 0 radical (unpaired) electrons. The van der Waals surface area contributed by atoms with E-state index in [0.29, 0.717) is 19.8 Å². The van der Waals surface area contributed by atoms with Crippen molar-refractivity contribution >= 4 is 0 Å². The molecule has 0 aromatic heterocycles. The van der Waals surface area contributed by atoms with Gasteiger partial charge < -0.3 is 14.6 Å². The molecule has 0 aliphatic carbocycles. The molecule has 0 spiro atoms. The first-order valence-electron chi connectivity index (χ1n) is 6.99. The van der Waals surface area contributed by atoms with Crippen LogP contribution in [0.1, 0.15) is 11.7 Å². The first-order chi connectivity index (χ1) is 9.71. The number of nitrogens with zero attached hydrogens (tertiary/aromatic N) is 1. The summed E-state index contributed by atoms with van der Waals surface area (Å²) in [5, 5.41) is 9.50. The predicted molar refractivity (Wildman–Crippen MR) is 71.9 cm³/mol. The monoisotopic (exact) mass is 281 g/mol. The van der Waals surface area contributed by atoms with Crippen LogP contribution in [0.15, 0.2) is 24.3 Å². The number of rotatable bonds is 4. The Balaban J connectivity index is 1.64. The zero-order chi connectivity index (χ0) is 14.0. The van der Waals surface area contributed by atoms with Crippen molar-refractivity contribution in [1.29, 1.82) is 0 Å². The molecule has 110 valence electrons. The quantitative estimate of drug-likeness (QED) is 0.901. The molecule has 0 bridgehead atoms. The minimum Gasteiger partial charge on any atom is -0.396 e. The minimum atomic E-state index is -0.234. The largest absolute Gasteiger partial charge is 0.396 e. The van der Waals surface area contributed by atoms with Gasteiger partial charge in [-0.3, -0.25) is 4.90 Å². The van der Waals surface area contributed by atoms with E-state index >= 15 is 0 Å². The second-order valence-electron chi connectivity index (χ2n) is 5.80. The van der Waals surface area contributed by atoms with Gasteiger partial charge in [-0.15, -0.1) is 0 Å². The molecule has 2 aliphatic heterocycles. The third-order valence-corrected chi connectivity index (χ3v) is 4.08. The van der Waals surface area contributed by atoms with Crippen LogP contribution in [0.5, 0.6) is 0 Å². The van der Waals surface area contributed by atoms with Crippen molar-refractivity contribution in [3.8, 4) is 0 Å². The predicted octanol–water partition coefficient (Wildman–Crippen LogP) is 1.21. The zero-order valence-electron chi connectivity index (χ0n) is 11.4. The maximum absolute atomic E-state index is 13.3. The van der Waals surface area contributed by atoms with Crippen molar-refractivity contribution in [2.75, 3.05) is 46.1 Å². The van der Waals surface area contributed by atoms with E-state index in [4.69, 9.17) is 9.47 Å². The number of aliphatic hydroxyl groups is 1. The van der Waals surface area contributed by atoms with Gasteiger partial charge in [-0.2, -0.15) is 0 Å². The average molecular weight is 281 g/mol. The van der Waals surface area contributed by atoms with Gasteiger partial charge in [0.05, 0.1) is 37.9 Å². The lowest BCUT2D eigenvalue weighted by molar-refractivity contribution is -0.158. The summed E-state index contributed by atoms with van der Waals surface area (Å²) < 4.78 is 24.3. The molecule has 1 aromatic rings. The Morgan fingerprint density at radius 1 is 1.40 bits per heavy atom. The molecule has 0 saturated carbocycles. The first-order valence-corrected chi connectivity index (χ1v) is 6.99. The lowest BCUT2D eigenvalue weighted by Crippen LogP contribution is -2.55. The van der Waals surface area contributed by atoms with Crippen LogP contribution < -0.4 is 0 Å². The van der Waals surface area contributed by atoms with E-state index in [2.05, 4.69) is 4.90 Å². The normalized spacial score (nSPS) is 26.2. The fraction of sp³-hybridized carbons (Fsp3) is 0.600. The van der Waals surface area contributed by atoms with Gasteiger partial charge >= 0.3 is 0 Å². The Morgan fingerprint density at radius 2 is 2.25 bits per heavy atom. The number of halogens is 1. The molecule has 1 aromatic carbocycles. The third kappa shape index (κ3) is 2.86. The summed E-state index contributed by atoms with van der Waals surface area (Å²) in [6.07, 6.45) is -0.101. The fourth-order valence-corrected chi connectivity index (χ4v) is 2.85. The van der Waals surface area contributed by atoms with Crippen LogP contribution in [0.25, 0.3) is 0 Å². The summed E-state index contributed by atoms with van der Waals surface area (Å²) in [7, 11) is 0. The summed E-state index contributed by atoms with van der Waals surface area (Å²) in [5.74, 6) is -0.234. The highest BCUT2D eigenvalue weighted by molar-refractivity contribution is 5.19. The van der Waals surface area contributed by atoms with Crippen molar-refractivity contribution in [1.82, 2.24) is 4.90 Å². The van der Waals surface area contributed by atoms with Crippen LogP contribution in [-0.2, 0) is 9.47 Å². The zero-order valence-corrected chi connectivity index (χ0v) is 11.4. The molecule has 5 heteroatoms. The van der Waals surface area contributed by atoms with Gasteiger partial charge in [-0.25, -0.2) is 4.39 Å². The Bertz CT molecular complexity index is 459. The van der Waals surface area contributed by atoms with Gasteiger partial charge in [0.15, 0.2) is 0 Å². The van der Waals surface area contributed by atoms with Crippen LogP contribution in [0.3, 0.4) is 0 Å². The molecule has 1 atom stereocenters. The summed E-state index contributed by atoms with van der Waals surface area (Å²) >= 11 is 0. The minimum absolute atomic E-state index is 0.101. The molecule has 20 heavy (non-hydrogen) atoms. The second-order valence-corrected chi connectivity index (χ2v) is 5.80. The van der Waals surface area contributed by atoms with E-state index in [0.717, 1.165) is 25.2 Å². The maximum atomic E-state index is 13.3. The van der Waals surface area contributed by atoms with Crippen LogP contribution in [-0.4, -0.2) is 56.1 Å². The molecule has 3 rings (SSSR count). The van der Waals surface area contributed by atoms with Gasteiger partial charge in [0.25, 0.3) is 0 Å². The first kappa shape index (κ1) is 13.9. The molecule has 1 N–H and O–H groups in total.